The van der Waals surface area contributed by atoms with Gasteiger partial charge < -0.3 is 4.98 Å². The van der Waals surface area contributed by atoms with Gasteiger partial charge in [0.1, 0.15) is 17.7 Å². The molecule has 1 N–H and O–H groups in total. The number of fused-ring (bicyclic) bond motifs is 1. The number of rotatable bonds is 2. The van der Waals surface area contributed by atoms with Crippen LogP contribution in [0.4, 0.5) is 4.39 Å². The number of imidazole rings is 1. The van der Waals surface area contributed by atoms with E-state index in [-0.39, 0.29) is 5.82 Å². The number of halogens is 1. The van der Waals surface area contributed by atoms with Gasteiger partial charge in [-0.15, -0.1) is 0 Å². The Balaban J connectivity index is 2.07. The lowest BCUT2D eigenvalue weighted by atomic mass is 10.1. The third-order valence-corrected chi connectivity index (χ3v) is 2.92. The van der Waals surface area contributed by atoms with Crippen molar-refractivity contribution in [2.75, 3.05) is 0 Å². The Morgan fingerprint density at radius 1 is 1.20 bits per heavy atom. The molecule has 0 aliphatic carbocycles. The van der Waals surface area contributed by atoms with Crippen molar-refractivity contribution in [3.63, 3.8) is 0 Å². The number of hydrogen-bond donors (Lipinski definition) is 1. The smallest absolute Gasteiger partial charge is 0.149 e. The zero-order valence-electron chi connectivity index (χ0n) is 10.5. The highest BCUT2D eigenvalue weighted by Gasteiger charge is 2.07. The van der Waals surface area contributed by atoms with Crippen LogP contribution in [0.3, 0.4) is 0 Å². The molecule has 1 heterocycles. The van der Waals surface area contributed by atoms with Crippen LogP contribution in [-0.2, 0) is 0 Å². The highest BCUT2D eigenvalue weighted by atomic mass is 19.1. The normalized spacial score (nSPS) is 11.5. The molecule has 0 amide bonds. The molecule has 0 atom stereocenters. The number of nitrogens with zero attached hydrogens (tertiary/aromatic N) is 2. The quantitative estimate of drug-likeness (QED) is 0.715. The molecule has 0 radical (unpaired) electrons. The molecule has 0 aliphatic rings. The van der Waals surface area contributed by atoms with Gasteiger partial charge in [0, 0.05) is 0 Å². The van der Waals surface area contributed by atoms with Crippen molar-refractivity contribution >= 4 is 22.7 Å². The van der Waals surface area contributed by atoms with Gasteiger partial charge in [-0.05, 0) is 35.9 Å². The Morgan fingerprint density at radius 2 is 2.05 bits per heavy atom. The summed E-state index contributed by atoms with van der Waals surface area (Å²) in [4.78, 5) is 7.45. The number of aromatic nitrogens is 2. The Hall–Kier alpha value is -2.93. The van der Waals surface area contributed by atoms with Crippen LogP contribution in [0.1, 0.15) is 11.4 Å². The third kappa shape index (κ3) is 2.29. The molecule has 3 rings (SSSR count). The monoisotopic (exact) mass is 263 g/mol. The Bertz CT molecular complexity index is 807. The fourth-order valence-electron chi connectivity index (χ4n) is 2.00. The van der Waals surface area contributed by atoms with Crippen molar-refractivity contribution in [1.82, 2.24) is 9.97 Å². The minimum absolute atomic E-state index is 0.333. The number of H-pyrrole nitrogens is 1. The van der Waals surface area contributed by atoms with E-state index in [1.54, 1.807) is 18.2 Å². The number of nitrogens with one attached hydrogen (secondary N) is 1. The Labute approximate surface area is 115 Å². The summed E-state index contributed by atoms with van der Waals surface area (Å²) in [5.74, 6) is 0.151. The maximum absolute atomic E-state index is 13.2. The van der Waals surface area contributed by atoms with Crippen LogP contribution in [0.5, 0.6) is 0 Å². The molecule has 0 saturated carbocycles. The summed E-state index contributed by atoms with van der Waals surface area (Å²) in [6, 6.07) is 15.7. The van der Waals surface area contributed by atoms with E-state index in [9.17, 15) is 9.65 Å². The van der Waals surface area contributed by atoms with Gasteiger partial charge in [-0.25, -0.2) is 9.37 Å². The van der Waals surface area contributed by atoms with Crippen molar-refractivity contribution in [2.45, 2.75) is 0 Å². The largest absolute Gasteiger partial charge is 0.337 e. The lowest BCUT2D eigenvalue weighted by Gasteiger charge is -1.96. The van der Waals surface area contributed by atoms with Crippen LogP contribution in [0.2, 0.25) is 0 Å². The molecule has 0 saturated heterocycles. The van der Waals surface area contributed by atoms with Crippen LogP contribution in [0.25, 0.3) is 22.7 Å². The average Bonchev–Trinajstić information content (AvgIpc) is 2.88. The molecule has 2 aromatic carbocycles. The summed E-state index contributed by atoms with van der Waals surface area (Å²) in [5, 5.41) is 9.26. The SMILES string of the molecule is N#C/C(=C\c1cccc(F)c1)c1nc2ccccc2[nH]1. The van der Waals surface area contributed by atoms with Gasteiger partial charge in [0.05, 0.1) is 16.6 Å². The molecule has 0 unspecified atom stereocenters. The molecule has 20 heavy (non-hydrogen) atoms. The maximum Gasteiger partial charge on any atom is 0.149 e. The van der Waals surface area contributed by atoms with E-state index in [0.29, 0.717) is 17.0 Å². The first-order valence-electron chi connectivity index (χ1n) is 6.09. The fraction of sp³-hybridized carbons (Fsp3) is 0. The number of para-hydroxylation sites is 2. The summed E-state index contributed by atoms with van der Waals surface area (Å²) in [6.07, 6.45) is 1.61. The van der Waals surface area contributed by atoms with E-state index in [4.69, 9.17) is 0 Å². The van der Waals surface area contributed by atoms with Gasteiger partial charge in [-0.3, -0.25) is 0 Å². The predicted molar refractivity (Wildman–Crippen MR) is 76.0 cm³/mol. The second kappa shape index (κ2) is 4.98. The van der Waals surface area contributed by atoms with Gasteiger partial charge in [0.15, 0.2) is 0 Å². The minimum atomic E-state index is -0.333. The molecule has 0 aliphatic heterocycles. The van der Waals surface area contributed by atoms with E-state index >= 15 is 0 Å². The van der Waals surface area contributed by atoms with E-state index < -0.39 is 0 Å². The second-order valence-corrected chi connectivity index (χ2v) is 4.33. The number of hydrogen-bond acceptors (Lipinski definition) is 2. The van der Waals surface area contributed by atoms with Crippen molar-refractivity contribution in [2.24, 2.45) is 0 Å². The maximum atomic E-state index is 13.2. The van der Waals surface area contributed by atoms with Gasteiger partial charge >= 0.3 is 0 Å². The summed E-state index contributed by atoms with van der Waals surface area (Å²) < 4.78 is 13.2. The average molecular weight is 263 g/mol. The molecule has 1 aromatic heterocycles. The molecule has 4 heteroatoms. The Morgan fingerprint density at radius 3 is 2.80 bits per heavy atom. The van der Waals surface area contributed by atoms with Crippen LogP contribution in [0.15, 0.2) is 48.5 Å². The molecule has 96 valence electrons. The van der Waals surface area contributed by atoms with Crippen molar-refractivity contribution in [3.8, 4) is 6.07 Å². The zero-order chi connectivity index (χ0) is 13.9. The number of allylic oxidation sites excluding steroid dienone is 1. The first kappa shape index (κ1) is 12.1. The summed E-state index contributed by atoms with van der Waals surface area (Å²) >= 11 is 0. The topological polar surface area (TPSA) is 52.5 Å². The molecule has 0 bridgehead atoms. The van der Waals surface area contributed by atoms with Gasteiger partial charge in [0.25, 0.3) is 0 Å². The molecule has 0 spiro atoms. The fourth-order valence-corrected chi connectivity index (χ4v) is 2.00. The molecule has 0 fully saturated rings. The lowest BCUT2D eigenvalue weighted by molar-refractivity contribution is 0.627. The predicted octanol–water partition coefficient (Wildman–Crippen LogP) is 3.77. The van der Waals surface area contributed by atoms with Gasteiger partial charge in [-0.1, -0.05) is 24.3 Å². The van der Waals surface area contributed by atoms with E-state index in [2.05, 4.69) is 16.0 Å². The lowest BCUT2D eigenvalue weighted by Crippen LogP contribution is -1.85. The molecular weight excluding hydrogens is 253 g/mol. The zero-order valence-corrected chi connectivity index (χ0v) is 10.5. The summed E-state index contributed by atoms with van der Waals surface area (Å²) in [5.41, 5.74) is 2.65. The molecule has 3 aromatic rings. The standard InChI is InChI=1S/C16H10FN3/c17-13-5-3-4-11(9-13)8-12(10-18)16-19-14-6-1-2-7-15(14)20-16/h1-9H,(H,19,20)/b12-8+. The first-order valence-corrected chi connectivity index (χ1v) is 6.09. The van der Waals surface area contributed by atoms with Crippen LogP contribution >= 0.6 is 0 Å². The summed E-state index contributed by atoms with van der Waals surface area (Å²) in [6.45, 7) is 0. The van der Waals surface area contributed by atoms with Crippen molar-refractivity contribution in [1.29, 1.82) is 5.26 Å². The van der Waals surface area contributed by atoms with Crippen LogP contribution in [-0.4, -0.2) is 9.97 Å². The summed E-state index contributed by atoms with van der Waals surface area (Å²) in [7, 11) is 0. The van der Waals surface area contributed by atoms with E-state index in [0.717, 1.165) is 11.0 Å². The Kier molecular flexibility index (Phi) is 3.02. The van der Waals surface area contributed by atoms with Crippen molar-refractivity contribution in [3.05, 3.63) is 65.7 Å². The van der Waals surface area contributed by atoms with E-state index in [1.165, 1.54) is 12.1 Å². The highest BCUT2D eigenvalue weighted by molar-refractivity contribution is 5.90. The van der Waals surface area contributed by atoms with E-state index in [1.807, 2.05) is 24.3 Å². The minimum Gasteiger partial charge on any atom is -0.337 e. The second-order valence-electron chi connectivity index (χ2n) is 4.33. The van der Waals surface area contributed by atoms with Gasteiger partial charge in [0.2, 0.25) is 0 Å². The van der Waals surface area contributed by atoms with Crippen molar-refractivity contribution < 1.29 is 4.39 Å². The van der Waals surface area contributed by atoms with Crippen LogP contribution in [0, 0.1) is 17.1 Å². The van der Waals surface area contributed by atoms with Gasteiger partial charge in [-0.2, -0.15) is 5.26 Å². The molecular formula is C16H10FN3. The third-order valence-electron chi connectivity index (χ3n) is 2.92. The number of aromatic amines is 1. The highest BCUT2D eigenvalue weighted by Crippen LogP contribution is 2.19. The van der Waals surface area contributed by atoms with Crippen LogP contribution < -0.4 is 0 Å². The number of nitriles is 1. The molecule has 3 nitrogen and oxygen atoms in total. The number of benzene rings is 2. The first-order chi connectivity index (χ1) is 9.76.